The van der Waals surface area contributed by atoms with Gasteiger partial charge in [-0.25, -0.2) is 0 Å². The lowest BCUT2D eigenvalue weighted by Crippen LogP contribution is -2.47. The molecular weight excluding hydrogens is 220 g/mol. The minimum Gasteiger partial charge on any atom is -0.480 e. The van der Waals surface area contributed by atoms with Gasteiger partial charge in [-0.15, -0.1) is 0 Å². The summed E-state index contributed by atoms with van der Waals surface area (Å²) in [5, 5.41) is 11.9. The van der Waals surface area contributed by atoms with Gasteiger partial charge < -0.3 is 21.9 Å². The number of carboxylic acids is 1. The number of hydrogen-bond acceptors (Lipinski definition) is 3. The van der Waals surface area contributed by atoms with Gasteiger partial charge in [-0.1, -0.05) is 6.92 Å². The predicted molar refractivity (Wildman–Crippen MR) is 68.9 cm³/mol. The maximum atomic E-state index is 10.9. The Morgan fingerprint density at radius 1 is 1.41 bits per heavy atom. The molecule has 0 spiro atoms. The summed E-state index contributed by atoms with van der Waals surface area (Å²) < 4.78 is 0. The number of nitrogens with one attached hydrogen (secondary N) is 1. The molecule has 6 N–H and O–H groups in total. The predicted octanol–water partition coefficient (Wildman–Crippen LogP) is 0.273. The van der Waals surface area contributed by atoms with Crippen molar-refractivity contribution >= 4 is 11.9 Å². The maximum Gasteiger partial charge on any atom is 0.323 e. The molecular formula is C11H24N4O2. The van der Waals surface area contributed by atoms with Crippen LogP contribution in [-0.2, 0) is 4.79 Å². The summed E-state index contributed by atoms with van der Waals surface area (Å²) in [6, 6.07) is 0. The topological polar surface area (TPSA) is 114 Å². The fraction of sp³-hybridized carbons (Fsp3) is 0.818. The van der Waals surface area contributed by atoms with Gasteiger partial charge in [-0.3, -0.25) is 9.79 Å². The third-order valence-corrected chi connectivity index (χ3v) is 2.73. The van der Waals surface area contributed by atoms with Crippen LogP contribution in [0.4, 0.5) is 0 Å². The Balaban J connectivity index is 3.84. The summed E-state index contributed by atoms with van der Waals surface area (Å²) in [7, 11) is 0. The van der Waals surface area contributed by atoms with Crippen LogP contribution in [0.2, 0.25) is 0 Å². The van der Waals surface area contributed by atoms with Crippen LogP contribution in [0, 0.1) is 0 Å². The first kappa shape index (κ1) is 15.7. The number of aliphatic imine (C=N–C) groups is 1. The third-order valence-electron chi connectivity index (χ3n) is 2.73. The van der Waals surface area contributed by atoms with E-state index in [0.29, 0.717) is 25.3 Å². The minimum absolute atomic E-state index is 0.431. The SMILES string of the molecule is CCNC(N)=NCCCC[C@@](N)(CC)C(=O)O. The number of nitrogens with two attached hydrogens (primary N) is 2. The molecule has 6 heteroatoms. The number of carbonyl (C=O) groups is 1. The normalized spacial score (nSPS) is 15.4. The molecule has 0 rings (SSSR count). The molecule has 1 atom stereocenters. The van der Waals surface area contributed by atoms with Crippen molar-refractivity contribution in [2.24, 2.45) is 16.5 Å². The van der Waals surface area contributed by atoms with Crippen molar-refractivity contribution < 1.29 is 9.90 Å². The minimum atomic E-state index is -1.10. The van der Waals surface area contributed by atoms with Crippen LogP contribution in [0.1, 0.15) is 39.5 Å². The van der Waals surface area contributed by atoms with Gasteiger partial charge >= 0.3 is 5.97 Å². The first-order chi connectivity index (χ1) is 7.96. The summed E-state index contributed by atoms with van der Waals surface area (Å²) in [5.74, 6) is -0.504. The van der Waals surface area contributed by atoms with Crippen molar-refractivity contribution in [2.75, 3.05) is 13.1 Å². The first-order valence-corrected chi connectivity index (χ1v) is 6.02. The first-order valence-electron chi connectivity index (χ1n) is 6.02. The molecule has 0 aliphatic rings. The second-order valence-electron chi connectivity index (χ2n) is 4.07. The molecule has 0 aliphatic carbocycles. The largest absolute Gasteiger partial charge is 0.480 e. The van der Waals surface area contributed by atoms with Gasteiger partial charge in [0.25, 0.3) is 0 Å². The van der Waals surface area contributed by atoms with Crippen molar-refractivity contribution in [3.63, 3.8) is 0 Å². The van der Waals surface area contributed by atoms with E-state index in [9.17, 15) is 4.79 Å². The van der Waals surface area contributed by atoms with E-state index >= 15 is 0 Å². The number of hydrogen-bond donors (Lipinski definition) is 4. The lowest BCUT2D eigenvalue weighted by Gasteiger charge is -2.22. The molecule has 0 aromatic carbocycles. The quantitative estimate of drug-likeness (QED) is 0.278. The Hall–Kier alpha value is -1.30. The molecule has 0 amide bonds. The Bertz CT molecular complexity index is 268. The number of rotatable bonds is 8. The summed E-state index contributed by atoms with van der Waals surface area (Å²) >= 11 is 0. The number of carboxylic acid groups (broad SMARTS) is 1. The molecule has 0 aromatic rings. The molecule has 0 aliphatic heterocycles. The van der Waals surface area contributed by atoms with Gasteiger partial charge in [0.1, 0.15) is 5.54 Å². The molecule has 17 heavy (non-hydrogen) atoms. The van der Waals surface area contributed by atoms with Gasteiger partial charge in [-0.05, 0) is 32.6 Å². The Kier molecular flexibility index (Phi) is 7.29. The zero-order valence-electron chi connectivity index (χ0n) is 10.7. The van der Waals surface area contributed by atoms with Crippen molar-refractivity contribution in [3.8, 4) is 0 Å². The highest BCUT2D eigenvalue weighted by atomic mass is 16.4. The summed E-state index contributed by atoms with van der Waals surface area (Å²) in [5.41, 5.74) is 10.2. The Morgan fingerprint density at radius 3 is 2.53 bits per heavy atom. The molecule has 100 valence electrons. The number of nitrogens with zero attached hydrogens (tertiary/aromatic N) is 1. The van der Waals surface area contributed by atoms with Crippen LogP contribution >= 0.6 is 0 Å². The van der Waals surface area contributed by atoms with Gasteiger partial charge in [-0.2, -0.15) is 0 Å². The summed E-state index contributed by atoms with van der Waals surface area (Å²) in [4.78, 5) is 15.0. The molecule has 0 aromatic heterocycles. The van der Waals surface area contributed by atoms with Crippen molar-refractivity contribution in [3.05, 3.63) is 0 Å². The van der Waals surface area contributed by atoms with E-state index in [-0.39, 0.29) is 0 Å². The highest BCUT2D eigenvalue weighted by Gasteiger charge is 2.30. The lowest BCUT2D eigenvalue weighted by molar-refractivity contribution is -0.143. The molecule has 0 saturated carbocycles. The molecule has 0 fully saturated rings. The fourth-order valence-electron chi connectivity index (χ4n) is 1.42. The van der Waals surface area contributed by atoms with Crippen LogP contribution < -0.4 is 16.8 Å². The van der Waals surface area contributed by atoms with E-state index < -0.39 is 11.5 Å². The zero-order valence-corrected chi connectivity index (χ0v) is 10.7. The molecule has 0 bridgehead atoms. The van der Waals surface area contributed by atoms with E-state index in [1.807, 2.05) is 6.92 Å². The van der Waals surface area contributed by atoms with E-state index in [0.717, 1.165) is 19.4 Å². The van der Waals surface area contributed by atoms with Gasteiger partial charge in [0.15, 0.2) is 5.96 Å². The van der Waals surface area contributed by atoms with Crippen LogP contribution in [0.3, 0.4) is 0 Å². The van der Waals surface area contributed by atoms with Crippen molar-refractivity contribution in [2.45, 2.75) is 45.1 Å². The van der Waals surface area contributed by atoms with Crippen LogP contribution in [0.5, 0.6) is 0 Å². The van der Waals surface area contributed by atoms with Crippen LogP contribution in [0.15, 0.2) is 4.99 Å². The van der Waals surface area contributed by atoms with E-state index in [2.05, 4.69) is 10.3 Å². The van der Waals surface area contributed by atoms with E-state index in [1.54, 1.807) is 6.92 Å². The summed E-state index contributed by atoms with van der Waals surface area (Å²) in [6.45, 7) is 5.07. The molecule has 0 unspecified atom stereocenters. The molecule has 0 saturated heterocycles. The van der Waals surface area contributed by atoms with E-state index in [4.69, 9.17) is 16.6 Å². The third kappa shape index (κ3) is 6.11. The summed E-state index contributed by atoms with van der Waals surface area (Å²) in [6.07, 6.45) is 2.43. The standard InChI is InChI=1S/C11H24N4O2/c1-3-11(13,9(16)17)7-5-6-8-15-10(12)14-4-2/h3-8,13H2,1-2H3,(H,16,17)(H3,12,14,15)/t11-/m0/s1. The van der Waals surface area contributed by atoms with Crippen molar-refractivity contribution in [1.82, 2.24) is 5.32 Å². The second kappa shape index (κ2) is 7.89. The van der Waals surface area contributed by atoms with E-state index in [1.165, 1.54) is 0 Å². The molecule has 6 nitrogen and oxygen atoms in total. The average molecular weight is 244 g/mol. The molecule has 0 heterocycles. The van der Waals surface area contributed by atoms with Gasteiger partial charge in [0.05, 0.1) is 0 Å². The fourth-order valence-corrected chi connectivity index (χ4v) is 1.42. The highest BCUT2D eigenvalue weighted by Crippen LogP contribution is 2.15. The number of unbranched alkanes of at least 4 members (excludes halogenated alkanes) is 1. The number of aliphatic carboxylic acids is 1. The zero-order chi connectivity index (χ0) is 13.3. The Morgan fingerprint density at radius 2 is 2.06 bits per heavy atom. The maximum absolute atomic E-state index is 10.9. The number of guanidine groups is 1. The molecule has 0 radical (unpaired) electrons. The lowest BCUT2D eigenvalue weighted by atomic mass is 9.91. The second-order valence-corrected chi connectivity index (χ2v) is 4.07. The van der Waals surface area contributed by atoms with Gasteiger partial charge in [0.2, 0.25) is 0 Å². The van der Waals surface area contributed by atoms with Gasteiger partial charge in [0, 0.05) is 13.1 Å². The monoisotopic (exact) mass is 244 g/mol. The smallest absolute Gasteiger partial charge is 0.323 e. The van der Waals surface area contributed by atoms with Crippen LogP contribution in [-0.4, -0.2) is 35.7 Å². The Labute approximate surface area is 102 Å². The average Bonchev–Trinajstić information content (AvgIpc) is 2.28. The highest BCUT2D eigenvalue weighted by molar-refractivity contribution is 5.78. The van der Waals surface area contributed by atoms with Crippen molar-refractivity contribution in [1.29, 1.82) is 0 Å². The van der Waals surface area contributed by atoms with Crippen LogP contribution in [0.25, 0.3) is 0 Å².